The first-order chi connectivity index (χ1) is 9.81. The van der Waals surface area contributed by atoms with Crippen LogP contribution in [-0.2, 0) is 10.0 Å². The molecule has 1 N–H and O–H groups in total. The minimum absolute atomic E-state index is 0.0466. The zero-order valence-electron chi connectivity index (χ0n) is 10.3. The molecule has 8 heteroatoms. The van der Waals surface area contributed by atoms with Crippen molar-refractivity contribution in [1.82, 2.24) is 0 Å². The van der Waals surface area contributed by atoms with Crippen LogP contribution in [0.15, 0.2) is 41.3 Å². The fourth-order valence-corrected chi connectivity index (χ4v) is 3.72. The lowest BCUT2D eigenvalue weighted by Gasteiger charge is -2.10. The number of nitrogens with one attached hydrogen (secondary N) is 1. The van der Waals surface area contributed by atoms with E-state index in [0.717, 1.165) is 0 Å². The highest BCUT2D eigenvalue weighted by atomic mass is 35.5. The smallest absolute Gasteiger partial charge is 0.263 e. The lowest BCUT2D eigenvalue weighted by atomic mass is 10.2. The van der Waals surface area contributed by atoms with Crippen LogP contribution in [-0.4, -0.2) is 8.42 Å². The number of anilines is 1. The monoisotopic (exact) mass is 360 g/mol. The molecule has 0 saturated heterocycles. The molecule has 0 atom stereocenters. The van der Waals surface area contributed by atoms with Crippen molar-refractivity contribution in [3.63, 3.8) is 0 Å². The van der Waals surface area contributed by atoms with Crippen LogP contribution in [0.5, 0.6) is 0 Å². The fourth-order valence-electron chi connectivity index (χ4n) is 1.61. The lowest BCUT2D eigenvalue weighted by Crippen LogP contribution is -2.13. The highest BCUT2D eigenvalue weighted by Gasteiger charge is 2.18. The van der Waals surface area contributed by atoms with Gasteiger partial charge in [-0.25, -0.2) is 8.42 Å². The van der Waals surface area contributed by atoms with Crippen LogP contribution in [0.1, 0.15) is 5.56 Å². The molecule has 0 spiro atoms. The summed E-state index contributed by atoms with van der Waals surface area (Å²) >= 11 is 17.5. The van der Waals surface area contributed by atoms with Crippen molar-refractivity contribution in [3.8, 4) is 6.07 Å². The zero-order valence-corrected chi connectivity index (χ0v) is 13.4. The van der Waals surface area contributed by atoms with Crippen molar-refractivity contribution in [1.29, 1.82) is 5.26 Å². The van der Waals surface area contributed by atoms with Gasteiger partial charge in [-0.2, -0.15) is 5.26 Å². The van der Waals surface area contributed by atoms with E-state index >= 15 is 0 Å². The number of hydrogen-bond acceptors (Lipinski definition) is 3. The maximum Gasteiger partial charge on any atom is 0.263 e. The minimum atomic E-state index is -3.91. The summed E-state index contributed by atoms with van der Waals surface area (Å²) in [5, 5.41) is 9.30. The maximum atomic E-state index is 12.3. The molecule has 0 saturated carbocycles. The Bertz CT molecular complexity index is 825. The van der Waals surface area contributed by atoms with E-state index in [4.69, 9.17) is 40.1 Å². The van der Waals surface area contributed by atoms with Gasteiger partial charge in [-0.05, 0) is 36.4 Å². The second kappa shape index (κ2) is 6.12. The Morgan fingerprint density at radius 2 is 1.62 bits per heavy atom. The Morgan fingerprint density at radius 1 is 1.00 bits per heavy atom. The number of halogens is 3. The molecular formula is C13H7Cl3N2O2S. The van der Waals surface area contributed by atoms with E-state index in [9.17, 15) is 8.42 Å². The lowest BCUT2D eigenvalue weighted by molar-refractivity contribution is 0.601. The number of nitrogens with zero attached hydrogens (tertiary/aromatic N) is 1. The normalized spacial score (nSPS) is 11.0. The molecule has 0 aliphatic rings. The predicted molar refractivity (Wildman–Crippen MR) is 83.4 cm³/mol. The molecule has 0 aromatic heterocycles. The van der Waals surface area contributed by atoms with Gasteiger partial charge < -0.3 is 0 Å². The van der Waals surface area contributed by atoms with Crippen molar-refractivity contribution in [2.45, 2.75) is 4.90 Å². The number of hydrogen-bond donors (Lipinski definition) is 1. The molecule has 2 rings (SSSR count). The summed E-state index contributed by atoms with van der Waals surface area (Å²) in [6, 6.07) is 10.1. The number of benzene rings is 2. The Kier molecular flexibility index (Phi) is 4.64. The molecular weight excluding hydrogens is 355 g/mol. The predicted octanol–water partition coefficient (Wildman–Crippen LogP) is 4.32. The second-order valence-electron chi connectivity index (χ2n) is 4.02. The second-order valence-corrected chi connectivity index (χ2v) is 6.95. The maximum absolute atomic E-state index is 12.3. The van der Waals surface area contributed by atoms with E-state index in [-0.39, 0.29) is 21.2 Å². The van der Waals surface area contributed by atoms with Gasteiger partial charge in [0.15, 0.2) is 0 Å². The molecule has 0 aliphatic carbocycles. The molecule has 0 unspecified atom stereocenters. The Morgan fingerprint density at radius 3 is 2.14 bits per heavy atom. The van der Waals surface area contributed by atoms with E-state index in [1.807, 2.05) is 6.07 Å². The van der Waals surface area contributed by atoms with E-state index in [1.54, 1.807) is 0 Å². The number of rotatable bonds is 3. The topological polar surface area (TPSA) is 70.0 Å². The van der Waals surface area contributed by atoms with E-state index < -0.39 is 10.0 Å². The van der Waals surface area contributed by atoms with Crippen LogP contribution in [0.2, 0.25) is 15.1 Å². The Labute approximate surface area is 136 Å². The SMILES string of the molecule is N#Cc1ccc(S(=O)(=O)Nc2cc(Cl)cc(Cl)c2)c(Cl)c1. The molecule has 0 amide bonds. The fraction of sp³-hybridized carbons (Fsp3) is 0. The Balaban J connectivity index is 2.41. The van der Waals surface area contributed by atoms with Gasteiger partial charge in [0, 0.05) is 10.0 Å². The average Bonchev–Trinajstić information content (AvgIpc) is 2.36. The summed E-state index contributed by atoms with van der Waals surface area (Å²) in [6.45, 7) is 0. The van der Waals surface area contributed by atoms with Gasteiger partial charge in [-0.1, -0.05) is 34.8 Å². The van der Waals surface area contributed by atoms with Crippen molar-refractivity contribution in [2.75, 3.05) is 4.72 Å². The van der Waals surface area contributed by atoms with Gasteiger partial charge in [-0.3, -0.25) is 4.72 Å². The van der Waals surface area contributed by atoms with Crippen molar-refractivity contribution in [2.24, 2.45) is 0 Å². The molecule has 21 heavy (non-hydrogen) atoms. The van der Waals surface area contributed by atoms with Crippen LogP contribution in [0.25, 0.3) is 0 Å². The summed E-state index contributed by atoms with van der Waals surface area (Å²) in [5.41, 5.74) is 0.484. The van der Waals surface area contributed by atoms with Crippen molar-refractivity contribution < 1.29 is 8.42 Å². The first kappa shape index (κ1) is 15.9. The third-order valence-electron chi connectivity index (χ3n) is 2.47. The average molecular weight is 362 g/mol. The van der Waals surface area contributed by atoms with Gasteiger partial charge in [0.1, 0.15) is 4.90 Å². The van der Waals surface area contributed by atoms with Crippen LogP contribution in [0.3, 0.4) is 0 Å². The largest absolute Gasteiger partial charge is 0.279 e. The highest BCUT2D eigenvalue weighted by Crippen LogP contribution is 2.27. The number of sulfonamides is 1. The van der Waals surface area contributed by atoms with Gasteiger partial charge in [-0.15, -0.1) is 0 Å². The first-order valence-electron chi connectivity index (χ1n) is 5.50. The third kappa shape index (κ3) is 3.80. The van der Waals surface area contributed by atoms with Gasteiger partial charge in [0.25, 0.3) is 10.0 Å². The highest BCUT2D eigenvalue weighted by molar-refractivity contribution is 7.92. The molecule has 0 radical (unpaired) electrons. The first-order valence-corrected chi connectivity index (χ1v) is 8.12. The molecule has 4 nitrogen and oxygen atoms in total. The van der Waals surface area contributed by atoms with Gasteiger partial charge >= 0.3 is 0 Å². The summed E-state index contributed by atoms with van der Waals surface area (Å²) in [6.07, 6.45) is 0. The standard InChI is InChI=1S/C13H7Cl3N2O2S/c14-9-4-10(15)6-11(5-9)18-21(19,20)13-2-1-8(7-17)3-12(13)16/h1-6,18H. The van der Waals surface area contributed by atoms with E-state index in [0.29, 0.717) is 10.0 Å². The summed E-state index contributed by atoms with van der Waals surface area (Å²) in [5.74, 6) is 0. The van der Waals surface area contributed by atoms with Crippen LogP contribution < -0.4 is 4.72 Å². The van der Waals surface area contributed by atoms with Gasteiger partial charge in [0.2, 0.25) is 0 Å². The molecule has 0 fully saturated rings. The molecule has 0 bridgehead atoms. The summed E-state index contributed by atoms with van der Waals surface area (Å²) < 4.78 is 26.9. The van der Waals surface area contributed by atoms with Crippen molar-refractivity contribution >= 4 is 50.5 Å². The molecule has 0 aliphatic heterocycles. The summed E-state index contributed by atoms with van der Waals surface area (Å²) in [4.78, 5) is -0.140. The Hall–Kier alpha value is -1.45. The van der Waals surface area contributed by atoms with E-state index in [2.05, 4.69) is 4.72 Å². The van der Waals surface area contributed by atoms with Crippen LogP contribution >= 0.6 is 34.8 Å². The molecule has 0 heterocycles. The summed E-state index contributed by atoms with van der Waals surface area (Å²) in [7, 11) is -3.91. The van der Waals surface area contributed by atoms with Gasteiger partial charge in [0.05, 0.1) is 22.3 Å². The zero-order chi connectivity index (χ0) is 15.6. The minimum Gasteiger partial charge on any atom is -0.279 e. The molecule has 2 aromatic rings. The van der Waals surface area contributed by atoms with Crippen LogP contribution in [0, 0.1) is 11.3 Å². The van der Waals surface area contributed by atoms with E-state index in [1.165, 1.54) is 36.4 Å². The molecule has 108 valence electrons. The third-order valence-corrected chi connectivity index (χ3v) is 4.77. The quantitative estimate of drug-likeness (QED) is 0.885. The molecule has 2 aromatic carbocycles. The number of nitriles is 1. The van der Waals surface area contributed by atoms with Crippen molar-refractivity contribution in [3.05, 3.63) is 57.0 Å². The van der Waals surface area contributed by atoms with Crippen LogP contribution in [0.4, 0.5) is 5.69 Å².